The monoisotopic (exact) mass is 993 g/mol. The number of aliphatic hydroxyl groups excluding tert-OH is 2. The number of sulfonamides is 1. The number of aromatic nitrogens is 1. The maximum atomic E-state index is 15.3. The van der Waals surface area contributed by atoms with E-state index in [0.29, 0.717) is 53.9 Å². The number of allylic oxidation sites excluding steroid dienone is 1. The summed E-state index contributed by atoms with van der Waals surface area (Å²) in [5.74, 6) is -1.91. The molecule has 0 bridgehead atoms. The number of nitrogens with zero attached hydrogens (tertiary/aromatic N) is 3. The van der Waals surface area contributed by atoms with E-state index < -0.39 is 33.9 Å². The maximum absolute atomic E-state index is 15.3. The van der Waals surface area contributed by atoms with Gasteiger partial charge >= 0.3 is 6.09 Å². The Bertz CT molecular complexity index is 2510. The smallest absolute Gasteiger partial charge is 0.412 e. The number of amides is 1. The molecule has 1 fully saturated rings. The van der Waals surface area contributed by atoms with Gasteiger partial charge in [0, 0.05) is 56.3 Å². The first-order chi connectivity index (χ1) is 34.7. The molecule has 71 heavy (non-hydrogen) atoms. The maximum Gasteiger partial charge on any atom is 0.412 e. The number of para-hydroxylation sites is 1. The van der Waals surface area contributed by atoms with Gasteiger partial charge in [0.05, 0.1) is 29.8 Å². The van der Waals surface area contributed by atoms with Crippen molar-refractivity contribution in [3.8, 4) is 11.5 Å². The number of carbonyl (C=O) groups is 1. The number of nitrogens with one attached hydrogen (secondary N) is 1. The van der Waals surface area contributed by atoms with E-state index in [9.17, 15) is 15.0 Å². The number of hydrogen-bond acceptors (Lipinski definition) is 11. The molecule has 14 heteroatoms. The van der Waals surface area contributed by atoms with Crippen LogP contribution in [0.15, 0.2) is 119 Å². The lowest BCUT2D eigenvalue weighted by atomic mass is 9.55. The third-order valence-electron chi connectivity index (χ3n) is 14.6. The van der Waals surface area contributed by atoms with Gasteiger partial charge in [-0.3, -0.25) is 4.98 Å². The molecule has 0 saturated heterocycles. The van der Waals surface area contributed by atoms with Crippen molar-refractivity contribution >= 4 is 32.7 Å². The summed E-state index contributed by atoms with van der Waals surface area (Å²) >= 11 is 0. The molecule has 0 radical (unpaired) electrons. The van der Waals surface area contributed by atoms with Crippen molar-refractivity contribution in [1.29, 1.82) is 0 Å². The zero-order valence-corrected chi connectivity index (χ0v) is 42.7. The van der Waals surface area contributed by atoms with Crippen LogP contribution >= 0.6 is 0 Å². The number of benzene rings is 3. The first-order valence-electron chi connectivity index (χ1n) is 26.2. The highest BCUT2D eigenvalue weighted by Crippen LogP contribution is 2.62. The fourth-order valence-electron chi connectivity index (χ4n) is 11.1. The lowest BCUT2D eigenvalue weighted by molar-refractivity contribution is -0.250. The molecule has 1 aromatic heterocycles. The molecule has 1 aliphatic heterocycles. The second-order valence-corrected chi connectivity index (χ2v) is 21.3. The number of fused-ring (bicyclic) bond motifs is 3. The number of pyridine rings is 1. The van der Waals surface area contributed by atoms with E-state index in [0.717, 1.165) is 55.2 Å². The third kappa shape index (κ3) is 13.1. The molecular formula is C57H76N4O9S. The van der Waals surface area contributed by atoms with Crippen LogP contribution in [0.25, 0.3) is 10.9 Å². The van der Waals surface area contributed by atoms with Gasteiger partial charge in [0.25, 0.3) is 0 Å². The molecule has 384 valence electrons. The van der Waals surface area contributed by atoms with E-state index >= 15 is 8.42 Å². The summed E-state index contributed by atoms with van der Waals surface area (Å²) in [7, 11) is -2.74. The first-order valence-corrected chi connectivity index (χ1v) is 27.6. The molecule has 3 N–H and O–H groups in total. The van der Waals surface area contributed by atoms with Crippen LogP contribution in [0.4, 0.5) is 4.79 Å². The van der Waals surface area contributed by atoms with Gasteiger partial charge in [-0.25, -0.2) is 13.2 Å². The van der Waals surface area contributed by atoms with Crippen LogP contribution < -0.4 is 14.8 Å². The summed E-state index contributed by atoms with van der Waals surface area (Å²) in [6.07, 6.45) is 21.2. The van der Waals surface area contributed by atoms with Crippen molar-refractivity contribution in [2.75, 3.05) is 33.4 Å². The molecule has 3 aromatic carbocycles. The SMILES string of the molecule is C=CCOC12Oc3ccc(OC(=O)NCCCCCCCCCCCC)cc3C3C(CCCCO)C(CCCCO)C=C(C(=NOCc4ccccc4)CC1N(C)S(=O)(=O)c1cccc4cccnc14)C32. The molecule has 2 aliphatic carbocycles. The fraction of sp³-hybridized carbons (Fsp3) is 0.526. The largest absolute Gasteiger partial charge is 0.460 e. The number of ether oxygens (including phenoxy) is 3. The third-order valence-corrected chi connectivity index (χ3v) is 16.5. The normalized spacial score (nSPS) is 22.1. The Morgan fingerprint density at radius 3 is 2.35 bits per heavy atom. The number of unbranched alkanes of at least 4 members (excludes halogenated alkanes) is 11. The quantitative estimate of drug-likeness (QED) is 0.0270. The highest BCUT2D eigenvalue weighted by Gasteiger charge is 2.66. The van der Waals surface area contributed by atoms with Crippen molar-refractivity contribution in [3.05, 3.63) is 120 Å². The van der Waals surface area contributed by atoms with Crippen LogP contribution in [0.1, 0.15) is 133 Å². The van der Waals surface area contributed by atoms with Gasteiger partial charge in [0.1, 0.15) is 23.0 Å². The molecule has 6 atom stereocenters. The number of rotatable bonds is 29. The molecule has 0 spiro atoms. The van der Waals surface area contributed by atoms with Crippen LogP contribution in [-0.4, -0.2) is 85.0 Å². The van der Waals surface area contributed by atoms with Gasteiger partial charge in [-0.15, -0.1) is 6.58 Å². The molecule has 1 amide bonds. The van der Waals surface area contributed by atoms with E-state index in [2.05, 4.69) is 29.9 Å². The Kier molecular flexibility index (Phi) is 20.1. The van der Waals surface area contributed by atoms with Gasteiger partial charge in [-0.1, -0.05) is 143 Å². The van der Waals surface area contributed by atoms with Gasteiger partial charge in [0.2, 0.25) is 15.8 Å². The minimum atomic E-state index is -4.31. The fourth-order valence-corrected chi connectivity index (χ4v) is 12.6. The molecule has 6 unspecified atom stereocenters. The zero-order chi connectivity index (χ0) is 50.1. The number of hydrogen-bond donors (Lipinski definition) is 3. The van der Waals surface area contributed by atoms with Crippen molar-refractivity contribution in [1.82, 2.24) is 14.6 Å². The summed E-state index contributed by atoms with van der Waals surface area (Å²) in [5, 5.41) is 28.5. The molecule has 3 aliphatic rings. The summed E-state index contributed by atoms with van der Waals surface area (Å²) in [5.41, 5.74) is 3.48. The van der Waals surface area contributed by atoms with E-state index in [1.807, 2.05) is 48.5 Å². The lowest BCUT2D eigenvalue weighted by Crippen LogP contribution is -2.69. The lowest BCUT2D eigenvalue weighted by Gasteiger charge is -2.59. The molecule has 7 rings (SSSR count). The van der Waals surface area contributed by atoms with Crippen molar-refractivity contribution in [2.24, 2.45) is 22.9 Å². The van der Waals surface area contributed by atoms with E-state index in [1.54, 1.807) is 49.7 Å². The second kappa shape index (κ2) is 26.5. The van der Waals surface area contributed by atoms with E-state index in [4.69, 9.17) is 24.2 Å². The van der Waals surface area contributed by atoms with E-state index in [-0.39, 0.29) is 55.5 Å². The Balaban J connectivity index is 1.29. The highest BCUT2D eigenvalue weighted by atomic mass is 32.2. The van der Waals surface area contributed by atoms with Crippen molar-refractivity contribution in [2.45, 2.75) is 145 Å². The molecular weight excluding hydrogens is 917 g/mol. The average Bonchev–Trinajstić information content (AvgIpc) is 3.38. The summed E-state index contributed by atoms with van der Waals surface area (Å²) in [6, 6.07) is 22.9. The number of carbonyl (C=O) groups excluding carboxylic acids is 1. The second-order valence-electron chi connectivity index (χ2n) is 19.4. The van der Waals surface area contributed by atoms with Gasteiger partial charge in [0.15, 0.2) is 0 Å². The minimum absolute atomic E-state index is 0.0208. The molecule has 1 saturated carbocycles. The van der Waals surface area contributed by atoms with Crippen LogP contribution in [-0.2, 0) is 26.2 Å². The van der Waals surface area contributed by atoms with Gasteiger partial charge in [-0.05, 0) is 85.4 Å². The van der Waals surface area contributed by atoms with Crippen LogP contribution in [0.5, 0.6) is 11.5 Å². The summed E-state index contributed by atoms with van der Waals surface area (Å²) in [4.78, 5) is 24.2. The molecule has 4 aromatic rings. The Labute approximate surface area is 421 Å². The topological polar surface area (TPSA) is 169 Å². The number of likely N-dealkylation sites (N-methyl/N-ethyl adjacent to an activating group) is 1. The number of aliphatic hydroxyl groups is 2. The Morgan fingerprint density at radius 1 is 0.901 bits per heavy atom. The summed E-state index contributed by atoms with van der Waals surface area (Å²) < 4.78 is 52.3. The van der Waals surface area contributed by atoms with Crippen molar-refractivity contribution < 1.29 is 42.5 Å². The van der Waals surface area contributed by atoms with E-state index in [1.165, 1.54) is 49.3 Å². The Hall–Kier alpha value is -5.12. The first kappa shape index (κ1) is 53.7. The Morgan fingerprint density at radius 2 is 1.62 bits per heavy atom. The average molecular weight is 993 g/mol. The summed E-state index contributed by atoms with van der Waals surface area (Å²) in [6.45, 7) is 7.10. The van der Waals surface area contributed by atoms with Crippen LogP contribution in [0.2, 0.25) is 0 Å². The number of oxime groups is 1. The zero-order valence-electron chi connectivity index (χ0n) is 41.9. The molecule has 2 heterocycles. The van der Waals surface area contributed by atoms with Gasteiger partial charge < -0.3 is 34.6 Å². The minimum Gasteiger partial charge on any atom is -0.460 e. The van der Waals surface area contributed by atoms with Gasteiger partial charge in [-0.2, -0.15) is 4.31 Å². The van der Waals surface area contributed by atoms with Crippen LogP contribution in [0.3, 0.4) is 0 Å². The standard InChI is InChI=1S/C57H76N4O9S/c1-4-6-7-8-9-10-11-12-13-19-33-59-56(64)69-45-31-32-50-48(39-45)53-46(29-18-21-36-63)44(26-17-20-35-62)38-47-49(60-68-41-42-24-15-14-16-25-42)40-52(57(70-50,54(47)53)67-37-5-2)61(3)71(65,66)51-30-22-27-43-28-23-34-58-55(43)51/h5,14-16,22-25,27-28,30-32,34,38-39,44,46,52-54,62-63H,2,4,6-13,17-21,26,29,33,35-37,40-41H2,1,3H3,(H,59,64). The van der Waals surface area contributed by atoms with Crippen molar-refractivity contribution in [3.63, 3.8) is 0 Å². The highest BCUT2D eigenvalue weighted by molar-refractivity contribution is 7.89. The predicted molar refractivity (Wildman–Crippen MR) is 279 cm³/mol. The predicted octanol–water partition coefficient (Wildman–Crippen LogP) is 11.4. The molecule has 13 nitrogen and oxygen atoms in total. The van der Waals surface area contributed by atoms with Crippen LogP contribution in [0, 0.1) is 17.8 Å².